The number of benzene rings is 1. The maximum absolute atomic E-state index is 9.26. The highest BCUT2D eigenvalue weighted by atomic mass is 15.2. The minimum absolute atomic E-state index is 0.238. The summed E-state index contributed by atoms with van der Waals surface area (Å²) in [6.45, 7) is 14.4. The molecular formula is C21H35N3. The number of nitrogens with zero attached hydrogens (tertiary/aromatic N) is 2. The molecular weight excluding hydrogens is 294 g/mol. The standard InChI is InChI=1S/C19H29N3.C2H6/c1-16-4-6-17(7-5-16)14-22(13-10-19(2,3)15-20)18-8-11-21-12-9-18;1-2/h4-7,18,21H,8-14H2,1-3H3;1-2H3. The first-order valence-corrected chi connectivity index (χ1v) is 9.42. The summed E-state index contributed by atoms with van der Waals surface area (Å²) in [4.78, 5) is 2.59. The van der Waals surface area contributed by atoms with Crippen molar-refractivity contribution >= 4 is 0 Å². The van der Waals surface area contributed by atoms with E-state index >= 15 is 0 Å². The molecule has 1 aliphatic rings. The molecule has 0 unspecified atom stereocenters. The van der Waals surface area contributed by atoms with E-state index in [1.54, 1.807) is 0 Å². The maximum Gasteiger partial charge on any atom is 0.0684 e. The Morgan fingerprint density at radius 1 is 1.17 bits per heavy atom. The summed E-state index contributed by atoms with van der Waals surface area (Å²) in [5, 5.41) is 12.7. The average molecular weight is 330 g/mol. The molecule has 0 amide bonds. The number of nitrogens with one attached hydrogen (secondary N) is 1. The number of hydrogen-bond donors (Lipinski definition) is 1. The summed E-state index contributed by atoms with van der Waals surface area (Å²) in [6, 6.07) is 11.9. The van der Waals surface area contributed by atoms with Gasteiger partial charge in [-0.1, -0.05) is 43.7 Å². The molecule has 1 aliphatic heterocycles. The lowest BCUT2D eigenvalue weighted by Crippen LogP contribution is -2.43. The van der Waals surface area contributed by atoms with Gasteiger partial charge in [0.05, 0.1) is 11.5 Å². The lowest BCUT2D eigenvalue weighted by atomic mass is 9.90. The molecule has 24 heavy (non-hydrogen) atoms. The minimum Gasteiger partial charge on any atom is -0.317 e. The van der Waals surface area contributed by atoms with Gasteiger partial charge in [-0.3, -0.25) is 4.90 Å². The molecule has 1 heterocycles. The fourth-order valence-electron chi connectivity index (χ4n) is 2.97. The van der Waals surface area contributed by atoms with Gasteiger partial charge in [0.1, 0.15) is 0 Å². The molecule has 1 aromatic carbocycles. The van der Waals surface area contributed by atoms with Crippen LogP contribution in [0.15, 0.2) is 24.3 Å². The van der Waals surface area contributed by atoms with Gasteiger partial charge in [0, 0.05) is 19.1 Å². The van der Waals surface area contributed by atoms with E-state index in [-0.39, 0.29) is 5.41 Å². The number of hydrogen-bond acceptors (Lipinski definition) is 3. The highest BCUT2D eigenvalue weighted by Gasteiger charge is 2.24. The quantitative estimate of drug-likeness (QED) is 0.834. The van der Waals surface area contributed by atoms with Crippen LogP contribution in [0.4, 0.5) is 0 Å². The number of piperidine rings is 1. The Balaban J connectivity index is 0.00000139. The third-order valence-corrected chi connectivity index (χ3v) is 4.66. The highest BCUT2D eigenvalue weighted by Crippen LogP contribution is 2.23. The van der Waals surface area contributed by atoms with Gasteiger partial charge in [0.2, 0.25) is 0 Å². The number of rotatable bonds is 6. The zero-order valence-electron chi connectivity index (χ0n) is 16.2. The maximum atomic E-state index is 9.26. The monoisotopic (exact) mass is 329 g/mol. The zero-order valence-corrected chi connectivity index (χ0v) is 16.2. The third-order valence-electron chi connectivity index (χ3n) is 4.66. The van der Waals surface area contributed by atoms with Crippen molar-refractivity contribution in [3.8, 4) is 6.07 Å². The van der Waals surface area contributed by atoms with Crippen molar-refractivity contribution in [3.05, 3.63) is 35.4 Å². The molecule has 1 N–H and O–H groups in total. The smallest absolute Gasteiger partial charge is 0.0684 e. The Morgan fingerprint density at radius 2 is 1.75 bits per heavy atom. The molecule has 3 heteroatoms. The fourth-order valence-corrected chi connectivity index (χ4v) is 2.97. The second-order valence-corrected chi connectivity index (χ2v) is 7.18. The van der Waals surface area contributed by atoms with E-state index in [2.05, 4.69) is 47.5 Å². The fraction of sp³-hybridized carbons (Fsp3) is 0.667. The van der Waals surface area contributed by atoms with Crippen LogP contribution in [-0.2, 0) is 6.54 Å². The van der Waals surface area contributed by atoms with E-state index in [0.29, 0.717) is 6.04 Å². The van der Waals surface area contributed by atoms with Crippen molar-refractivity contribution in [2.24, 2.45) is 5.41 Å². The van der Waals surface area contributed by atoms with Crippen LogP contribution < -0.4 is 5.32 Å². The SMILES string of the molecule is CC.Cc1ccc(CN(CCC(C)(C)C#N)C2CCNCC2)cc1. The molecule has 1 fully saturated rings. The van der Waals surface area contributed by atoms with Gasteiger partial charge in [-0.05, 0) is 58.7 Å². The molecule has 3 nitrogen and oxygen atoms in total. The van der Waals surface area contributed by atoms with Crippen molar-refractivity contribution in [2.45, 2.75) is 66.5 Å². The van der Waals surface area contributed by atoms with Crippen molar-refractivity contribution in [1.29, 1.82) is 5.26 Å². The summed E-state index contributed by atoms with van der Waals surface area (Å²) < 4.78 is 0. The van der Waals surface area contributed by atoms with E-state index in [4.69, 9.17) is 0 Å². The molecule has 2 rings (SSSR count). The van der Waals surface area contributed by atoms with Crippen LogP contribution in [0, 0.1) is 23.7 Å². The van der Waals surface area contributed by atoms with Crippen LogP contribution in [0.1, 0.15) is 58.1 Å². The number of aryl methyl sites for hydroxylation is 1. The zero-order chi connectivity index (χ0) is 18.0. The van der Waals surface area contributed by atoms with Crippen molar-refractivity contribution < 1.29 is 0 Å². The average Bonchev–Trinajstić information content (AvgIpc) is 2.63. The Labute approximate surface area is 149 Å². The van der Waals surface area contributed by atoms with E-state index in [1.807, 2.05) is 27.7 Å². The molecule has 134 valence electrons. The molecule has 0 atom stereocenters. The van der Waals surface area contributed by atoms with Gasteiger partial charge in [-0.2, -0.15) is 5.26 Å². The summed E-state index contributed by atoms with van der Waals surface area (Å²) in [6.07, 6.45) is 3.34. The van der Waals surface area contributed by atoms with Crippen molar-refractivity contribution in [2.75, 3.05) is 19.6 Å². The Kier molecular flexibility index (Phi) is 9.03. The molecule has 0 radical (unpaired) electrons. The Hall–Kier alpha value is -1.37. The second-order valence-electron chi connectivity index (χ2n) is 7.18. The van der Waals surface area contributed by atoms with Gasteiger partial charge >= 0.3 is 0 Å². The van der Waals surface area contributed by atoms with E-state index in [0.717, 1.165) is 32.6 Å². The van der Waals surface area contributed by atoms with Crippen LogP contribution in [0.2, 0.25) is 0 Å². The lowest BCUT2D eigenvalue weighted by molar-refractivity contribution is 0.140. The van der Waals surface area contributed by atoms with E-state index in [1.165, 1.54) is 24.0 Å². The van der Waals surface area contributed by atoms with Gasteiger partial charge in [-0.15, -0.1) is 0 Å². The van der Waals surface area contributed by atoms with Crippen LogP contribution >= 0.6 is 0 Å². The molecule has 0 spiro atoms. The predicted molar refractivity (Wildman–Crippen MR) is 103 cm³/mol. The Morgan fingerprint density at radius 3 is 2.29 bits per heavy atom. The molecule has 1 aromatic rings. The van der Waals surface area contributed by atoms with E-state index < -0.39 is 0 Å². The normalized spacial score (nSPS) is 15.5. The van der Waals surface area contributed by atoms with Crippen LogP contribution in [0.5, 0.6) is 0 Å². The molecule has 0 bridgehead atoms. The largest absolute Gasteiger partial charge is 0.317 e. The van der Waals surface area contributed by atoms with Crippen LogP contribution in [-0.4, -0.2) is 30.6 Å². The first-order valence-electron chi connectivity index (χ1n) is 9.42. The highest BCUT2D eigenvalue weighted by molar-refractivity contribution is 5.21. The van der Waals surface area contributed by atoms with Gasteiger partial charge in [0.25, 0.3) is 0 Å². The van der Waals surface area contributed by atoms with Crippen molar-refractivity contribution in [3.63, 3.8) is 0 Å². The van der Waals surface area contributed by atoms with Gasteiger partial charge in [-0.25, -0.2) is 0 Å². The predicted octanol–water partition coefficient (Wildman–Crippen LogP) is 4.52. The first-order chi connectivity index (χ1) is 11.5. The van der Waals surface area contributed by atoms with Crippen LogP contribution in [0.3, 0.4) is 0 Å². The van der Waals surface area contributed by atoms with Gasteiger partial charge in [0.15, 0.2) is 0 Å². The summed E-state index contributed by atoms with van der Waals surface area (Å²) in [5.41, 5.74) is 2.44. The number of nitriles is 1. The first kappa shape index (κ1) is 20.7. The van der Waals surface area contributed by atoms with Gasteiger partial charge < -0.3 is 5.32 Å². The van der Waals surface area contributed by atoms with Crippen molar-refractivity contribution in [1.82, 2.24) is 10.2 Å². The van der Waals surface area contributed by atoms with E-state index in [9.17, 15) is 5.26 Å². The molecule has 0 aromatic heterocycles. The lowest BCUT2D eigenvalue weighted by Gasteiger charge is -2.36. The summed E-state index contributed by atoms with van der Waals surface area (Å²) in [5.74, 6) is 0. The molecule has 1 saturated heterocycles. The Bertz CT molecular complexity index is 493. The van der Waals surface area contributed by atoms with Crippen LogP contribution in [0.25, 0.3) is 0 Å². The minimum atomic E-state index is -0.238. The molecule has 0 saturated carbocycles. The topological polar surface area (TPSA) is 39.1 Å². The summed E-state index contributed by atoms with van der Waals surface area (Å²) in [7, 11) is 0. The second kappa shape index (κ2) is 10.5. The summed E-state index contributed by atoms with van der Waals surface area (Å²) >= 11 is 0. The third kappa shape index (κ3) is 7.03. The molecule has 0 aliphatic carbocycles.